The SMILES string of the molecule is Cc1cc(Cl)ccc1Oc1nc(N)ncc1[N+](=O)[O-]. The maximum Gasteiger partial charge on any atom is 0.349 e. The summed E-state index contributed by atoms with van der Waals surface area (Å²) >= 11 is 5.82. The van der Waals surface area contributed by atoms with Crippen LogP contribution < -0.4 is 10.5 Å². The van der Waals surface area contributed by atoms with Gasteiger partial charge in [-0.05, 0) is 30.7 Å². The van der Waals surface area contributed by atoms with Crippen LogP contribution >= 0.6 is 11.6 Å². The normalized spacial score (nSPS) is 10.2. The molecule has 0 atom stereocenters. The van der Waals surface area contributed by atoms with Crippen LogP contribution in [0.5, 0.6) is 11.6 Å². The fourth-order valence-electron chi connectivity index (χ4n) is 1.40. The monoisotopic (exact) mass is 280 g/mol. The molecule has 0 fully saturated rings. The Morgan fingerprint density at radius 2 is 2.21 bits per heavy atom. The first kappa shape index (κ1) is 13.0. The van der Waals surface area contributed by atoms with E-state index < -0.39 is 4.92 Å². The maximum atomic E-state index is 10.8. The Morgan fingerprint density at radius 3 is 2.84 bits per heavy atom. The number of nitro groups is 1. The van der Waals surface area contributed by atoms with Gasteiger partial charge >= 0.3 is 11.6 Å². The van der Waals surface area contributed by atoms with Crippen LogP contribution in [0.25, 0.3) is 0 Å². The Hall–Kier alpha value is -2.41. The van der Waals surface area contributed by atoms with Crippen molar-refractivity contribution in [2.75, 3.05) is 5.73 Å². The minimum absolute atomic E-state index is 0.104. The third kappa shape index (κ3) is 2.89. The van der Waals surface area contributed by atoms with Crippen LogP contribution in [0.2, 0.25) is 5.02 Å². The molecule has 0 aliphatic heterocycles. The van der Waals surface area contributed by atoms with E-state index in [-0.39, 0.29) is 17.5 Å². The maximum absolute atomic E-state index is 10.8. The summed E-state index contributed by atoms with van der Waals surface area (Å²) in [6, 6.07) is 4.88. The first-order valence-electron chi connectivity index (χ1n) is 5.18. The van der Waals surface area contributed by atoms with Crippen molar-refractivity contribution in [2.24, 2.45) is 0 Å². The Balaban J connectivity index is 2.42. The van der Waals surface area contributed by atoms with Gasteiger partial charge in [0.25, 0.3) is 0 Å². The first-order chi connectivity index (χ1) is 8.97. The Labute approximate surface area is 113 Å². The number of rotatable bonds is 3. The van der Waals surface area contributed by atoms with Crippen LogP contribution in [0.1, 0.15) is 5.56 Å². The van der Waals surface area contributed by atoms with Crippen LogP contribution in [-0.2, 0) is 0 Å². The number of ether oxygens (including phenoxy) is 1. The largest absolute Gasteiger partial charge is 0.433 e. The first-order valence-corrected chi connectivity index (χ1v) is 5.56. The van der Waals surface area contributed by atoms with E-state index >= 15 is 0 Å². The second kappa shape index (κ2) is 5.07. The highest BCUT2D eigenvalue weighted by Crippen LogP contribution is 2.31. The van der Waals surface area contributed by atoms with Crippen molar-refractivity contribution >= 4 is 23.2 Å². The molecular weight excluding hydrogens is 272 g/mol. The van der Waals surface area contributed by atoms with E-state index in [0.29, 0.717) is 10.8 Å². The summed E-state index contributed by atoms with van der Waals surface area (Å²) in [6.07, 6.45) is 1.00. The van der Waals surface area contributed by atoms with Crippen LogP contribution in [0.4, 0.5) is 11.6 Å². The van der Waals surface area contributed by atoms with E-state index in [2.05, 4.69) is 9.97 Å². The summed E-state index contributed by atoms with van der Waals surface area (Å²) in [5, 5.41) is 11.4. The molecule has 1 aromatic carbocycles. The molecule has 2 rings (SSSR count). The van der Waals surface area contributed by atoms with Crippen LogP contribution in [0.15, 0.2) is 24.4 Å². The van der Waals surface area contributed by atoms with E-state index in [0.717, 1.165) is 11.8 Å². The van der Waals surface area contributed by atoms with Crippen molar-refractivity contribution in [1.29, 1.82) is 0 Å². The predicted octanol–water partition coefficient (Wildman–Crippen LogP) is 2.72. The van der Waals surface area contributed by atoms with Gasteiger partial charge in [0.2, 0.25) is 5.95 Å². The molecule has 0 bridgehead atoms. The lowest BCUT2D eigenvalue weighted by Crippen LogP contribution is -2.01. The molecule has 0 radical (unpaired) electrons. The lowest BCUT2D eigenvalue weighted by molar-refractivity contribution is -0.386. The average molecular weight is 281 g/mol. The Kier molecular flexibility index (Phi) is 3.48. The third-order valence-electron chi connectivity index (χ3n) is 2.29. The summed E-state index contributed by atoms with van der Waals surface area (Å²) in [4.78, 5) is 17.5. The van der Waals surface area contributed by atoms with Gasteiger partial charge in [0.15, 0.2) is 0 Å². The number of halogens is 1. The van der Waals surface area contributed by atoms with Crippen molar-refractivity contribution in [3.05, 3.63) is 45.1 Å². The zero-order valence-electron chi connectivity index (χ0n) is 9.83. The number of nitrogens with zero attached hydrogens (tertiary/aromatic N) is 3. The Bertz CT molecular complexity index is 648. The average Bonchev–Trinajstić information content (AvgIpc) is 2.32. The fourth-order valence-corrected chi connectivity index (χ4v) is 1.63. The summed E-state index contributed by atoms with van der Waals surface area (Å²) in [5.41, 5.74) is 5.76. The molecule has 0 aliphatic rings. The van der Waals surface area contributed by atoms with Crippen molar-refractivity contribution in [1.82, 2.24) is 9.97 Å². The lowest BCUT2D eigenvalue weighted by atomic mass is 10.2. The van der Waals surface area contributed by atoms with Gasteiger partial charge in [-0.15, -0.1) is 0 Å². The van der Waals surface area contributed by atoms with Crippen molar-refractivity contribution in [3.63, 3.8) is 0 Å². The molecule has 1 heterocycles. The molecule has 1 aromatic heterocycles. The molecule has 98 valence electrons. The minimum Gasteiger partial charge on any atom is -0.433 e. The van der Waals surface area contributed by atoms with Gasteiger partial charge in [0.1, 0.15) is 11.9 Å². The zero-order chi connectivity index (χ0) is 14.0. The molecule has 0 unspecified atom stereocenters. The quantitative estimate of drug-likeness (QED) is 0.684. The van der Waals surface area contributed by atoms with Gasteiger partial charge < -0.3 is 10.5 Å². The third-order valence-corrected chi connectivity index (χ3v) is 2.53. The summed E-state index contributed by atoms with van der Waals surface area (Å²) < 4.78 is 5.41. The fraction of sp³-hybridized carbons (Fsp3) is 0.0909. The summed E-state index contributed by atoms with van der Waals surface area (Å²) in [6.45, 7) is 1.76. The molecule has 0 saturated carbocycles. The summed E-state index contributed by atoms with van der Waals surface area (Å²) in [7, 11) is 0. The molecule has 0 aliphatic carbocycles. The topological polar surface area (TPSA) is 104 Å². The number of benzene rings is 1. The van der Waals surface area contributed by atoms with Gasteiger partial charge in [-0.25, -0.2) is 4.98 Å². The molecule has 2 aromatic rings. The van der Waals surface area contributed by atoms with Crippen molar-refractivity contribution in [2.45, 2.75) is 6.92 Å². The van der Waals surface area contributed by atoms with Gasteiger partial charge in [-0.2, -0.15) is 4.98 Å². The Morgan fingerprint density at radius 1 is 1.47 bits per heavy atom. The van der Waals surface area contributed by atoms with Crippen LogP contribution in [-0.4, -0.2) is 14.9 Å². The van der Waals surface area contributed by atoms with Crippen molar-refractivity contribution in [3.8, 4) is 11.6 Å². The zero-order valence-corrected chi connectivity index (χ0v) is 10.6. The molecule has 2 N–H and O–H groups in total. The second-order valence-electron chi connectivity index (χ2n) is 3.69. The van der Waals surface area contributed by atoms with E-state index in [1.807, 2.05) is 0 Å². The molecular formula is C11H9ClN4O3. The van der Waals surface area contributed by atoms with Crippen LogP contribution in [0, 0.1) is 17.0 Å². The van der Waals surface area contributed by atoms with Gasteiger partial charge in [0, 0.05) is 5.02 Å². The van der Waals surface area contributed by atoms with Gasteiger partial charge in [0.05, 0.1) is 4.92 Å². The molecule has 0 saturated heterocycles. The number of hydrogen-bond donors (Lipinski definition) is 1. The van der Waals surface area contributed by atoms with E-state index in [1.54, 1.807) is 25.1 Å². The highest BCUT2D eigenvalue weighted by Gasteiger charge is 2.19. The van der Waals surface area contributed by atoms with Crippen molar-refractivity contribution < 1.29 is 9.66 Å². The van der Waals surface area contributed by atoms with E-state index in [9.17, 15) is 10.1 Å². The van der Waals surface area contributed by atoms with E-state index in [4.69, 9.17) is 22.1 Å². The summed E-state index contributed by atoms with van der Waals surface area (Å²) in [5.74, 6) is 0.0979. The lowest BCUT2D eigenvalue weighted by Gasteiger charge is -2.08. The smallest absolute Gasteiger partial charge is 0.349 e. The molecule has 0 spiro atoms. The highest BCUT2D eigenvalue weighted by atomic mass is 35.5. The van der Waals surface area contributed by atoms with Gasteiger partial charge in [-0.1, -0.05) is 11.6 Å². The van der Waals surface area contributed by atoms with E-state index in [1.165, 1.54) is 0 Å². The number of nitrogen functional groups attached to an aromatic ring is 1. The van der Waals surface area contributed by atoms with Gasteiger partial charge in [-0.3, -0.25) is 10.1 Å². The molecule has 0 amide bonds. The molecule has 19 heavy (non-hydrogen) atoms. The number of nitrogens with two attached hydrogens (primary N) is 1. The molecule has 8 heteroatoms. The number of hydrogen-bond acceptors (Lipinski definition) is 6. The minimum atomic E-state index is -0.639. The predicted molar refractivity (Wildman–Crippen MR) is 69.4 cm³/mol. The highest BCUT2D eigenvalue weighted by molar-refractivity contribution is 6.30. The molecule has 7 nitrogen and oxygen atoms in total. The number of aryl methyl sites for hydroxylation is 1. The second-order valence-corrected chi connectivity index (χ2v) is 4.12. The number of aromatic nitrogens is 2. The number of anilines is 1. The standard InChI is InChI=1S/C11H9ClN4O3/c1-6-4-7(12)2-3-9(6)19-10-8(16(17)18)5-14-11(13)15-10/h2-5H,1H3,(H2,13,14,15). The van der Waals surface area contributed by atoms with Crippen LogP contribution in [0.3, 0.4) is 0 Å².